The van der Waals surface area contributed by atoms with E-state index in [1.807, 2.05) is 37.3 Å². The van der Waals surface area contributed by atoms with E-state index in [4.69, 9.17) is 9.47 Å². The number of benzene rings is 1. The average molecular weight is 322 g/mol. The summed E-state index contributed by atoms with van der Waals surface area (Å²) in [5, 5.41) is 0. The van der Waals surface area contributed by atoms with E-state index in [2.05, 4.69) is 27.8 Å². The summed E-state index contributed by atoms with van der Waals surface area (Å²) in [5.41, 5.74) is 2.10. The minimum atomic E-state index is 0.559. The average Bonchev–Trinajstić information content (AvgIpc) is 2.43. The van der Waals surface area contributed by atoms with Crippen LogP contribution in [0.4, 0.5) is 0 Å². The maximum atomic E-state index is 5.78. The van der Waals surface area contributed by atoms with Gasteiger partial charge < -0.3 is 9.47 Å². The van der Waals surface area contributed by atoms with Gasteiger partial charge in [-0.1, -0.05) is 13.0 Å². The normalized spacial score (nSPS) is 10.3. The highest BCUT2D eigenvalue weighted by Gasteiger charge is 2.08. The second-order valence-corrected chi connectivity index (χ2v) is 5.01. The summed E-state index contributed by atoms with van der Waals surface area (Å²) in [7, 11) is 1.64. The Hall–Kier alpha value is -1.55. The van der Waals surface area contributed by atoms with Gasteiger partial charge >= 0.3 is 0 Å². The Bertz CT molecular complexity index is 584. The Kier molecular flexibility index (Phi) is 4.43. The SMILES string of the molecule is CCc1ccc(Oc2ccc(Br)c(C)n2)c(OC)c1. The van der Waals surface area contributed by atoms with Crippen molar-refractivity contribution in [2.45, 2.75) is 20.3 Å². The Morgan fingerprint density at radius 2 is 1.95 bits per heavy atom. The summed E-state index contributed by atoms with van der Waals surface area (Å²) < 4.78 is 12.1. The van der Waals surface area contributed by atoms with Gasteiger partial charge in [-0.2, -0.15) is 0 Å². The lowest BCUT2D eigenvalue weighted by atomic mass is 10.1. The number of halogens is 1. The molecule has 0 aliphatic heterocycles. The van der Waals surface area contributed by atoms with Gasteiger partial charge in [-0.3, -0.25) is 0 Å². The van der Waals surface area contributed by atoms with Gasteiger partial charge in [0.2, 0.25) is 5.88 Å². The maximum Gasteiger partial charge on any atom is 0.219 e. The van der Waals surface area contributed by atoms with Crippen LogP contribution in [0.2, 0.25) is 0 Å². The molecule has 0 radical (unpaired) electrons. The van der Waals surface area contributed by atoms with Crippen LogP contribution in [-0.4, -0.2) is 12.1 Å². The highest BCUT2D eigenvalue weighted by atomic mass is 79.9. The van der Waals surface area contributed by atoms with E-state index in [1.54, 1.807) is 7.11 Å². The fourth-order valence-electron chi connectivity index (χ4n) is 1.71. The van der Waals surface area contributed by atoms with Gasteiger partial charge in [-0.25, -0.2) is 4.98 Å². The molecule has 0 saturated carbocycles. The zero-order valence-electron chi connectivity index (χ0n) is 11.2. The first-order valence-electron chi connectivity index (χ1n) is 6.12. The van der Waals surface area contributed by atoms with E-state index < -0.39 is 0 Å². The Labute approximate surface area is 121 Å². The van der Waals surface area contributed by atoms with Gasteiger partial charge in [0.1, 0.15) is 0 Å². The summed E-state index contributed by atoms with van der Waals surface area (Å²) in [6.07, 6.45) is 0.965. The van der Waals surface area contributed by atoms with Crippen molar-refractivity contribution in [3.63, 3.8) is 0 Å². The summed E-state index contributed by atoms with van der Waals surface area (Å²) in [6.45, 7) is 4.03. The van der Waals surface area contributed by atoms with Gasteiger partial charge in [0.05, 0.1) is 12.8 Å². The molecule has 2 aromatic rings. The number of rotatable bonds is 4. The predicted molar refractivity (Wildman–Crippen MR) is 79.1 cm³/mol. The van der Waals surface area contributed by atoms with E-state index in [0.717, 1.165) is 22.3 Å². The lowest BCUT2D eigenvalue weighted by molar-refractivity contribution is 0.373. The molecular formula is C15H16BrNO2. The molecule has 0 atom stereocenters. The lowest BCUT2D eigenvalue weighted by Crippen LogP contribution is -1.94. The van der Waals surface area contributed by atoms with Gasteiger partial charge in [0, 0.05) is 10.5 Å². The van der Waals surface area contributed by atoms with Crippen molar-refractivity contribution in [3.05, 3.63) is 46.1 Å². The molecule has 0 saturated heterocycles. The highest BCUT2D eigenvalue weighted by Crippen LogP contribution is 2.32. The topological polar surface area (TPSA) is 31.4 Å². The molecule has 0 aliphatic rings. The van der Waals surface area contributed by atoms with Crippen LogP contribution in [0.15, 0.2) is 34.8 Å². The molecule has 4 heteroatoms. The Morgan fingerprint density at radius 3 is 2.58 bits per heavy atom. The monoisotopic (exact) mass is 321 g/mol. The van der Waals surface area contributed by atoms with Crippen LogP contribution < -0.4 is 9.47 Å². The summed E-state index contributed by atoms with van der Waals surface area (Å²) in [6, 6.07) is 9.68. The molecule has 0 spiro atoms. The summed E-state index contributed by atoms with van der Waals surface area (Å²) >= 11 is 3.42. The number of hydrogen-bond donors (Lipinski definition) is 0. The second kappa shape index (κ2) is 6.06. The van der Waals surface area contributed by atoms with Gasteiger partial charge in [-0.05, 0) is 53.0 Å². The maximum absolute atomic E-state index is 5.78. The Morgan fingerprint density at radius 1 is 1.16 bits per heavy atom. The Balaban J connectivity index is 2.29. The number of methoxy groups -OCH3 is 1. The highest BCUT2D eigenvalue weighted by molar-refractivity contribution is 9.10. The molecule has 0 bridgehead atoms. The molecule has 0 fully saturated rings. The van der Waals surface area contributed by atoms with E-state index in [1.165, 1.54) is 5.56 Å². The van der Waals surface area contributed by atoms with E-state index in [9.17, 15) is 0 Å². The molecule has 2 rings (SSSR count). The van der Waals surface area contributed by atoms with Crippen molar-refractivity contribution in [1.29, 1.82) is 0 Å². The molecular weight excluding hydrogens is 306 g/mol. The van der Waals surface area contributed by atoms with E-state index in [-0.39, 0.29) is 0 Å². The molecule has 3 nitrogen and oxygen atoms in total. The number of hydrogen-bond acceptors (Lipinski definition) is 3. The van der Waals surface area contributed by atoms with Gasteiger partial charge in [0.15, 0.2) is 11.5 Å². The van der Waals surface area contributed by atoms with Crippen LogP contribution in [0.5, 0.6) is 17.4 Å². The minimum absolute atomic E-state index is 0.559. The number of aryl methyl sites for hydroxylation is 2. The van der Waals surface area contributed by atoms with Crippen LogP contribution in [0, 0.1) is 6.92 Å². The number of pyridine rings is 1. The van der Waals surface area contributed by atoms with Crippen LogP contribution in [0.1, 0.15) is 18.2 Å². The number of nitrogens with zero attached hydrogens (tertiary/aromatic N) is 1. The molecule has 100 valence electrons. The third-order valence-electron chi connectivity index (χ3n) is 2.85. The van der Waals surface area contributed by atoms with Crippen molar-refractivity contribution < 1.29 is 9.47 Å². The zero-order valence-corrected chi connectivity index (χ0v) is 12.8. The fourth-order valence-corrected chi connectivity index (χ4v) is 1.93. The van der Waals surface area contributed by atoms with Crippen molar-refractivity contribution in [3.8, 4) is 17.4 Å². The van der Waals surface area contributed by atoms with Crippen LogP contribution in [0.25, 0.3) is 0 Å². The number of ether oxygens (including phenoxy) is 2. The van der Waals surface area contributed by atoms with Crippen molar-refractivity contribution in [1.82, 2.24) is 4.98 Å². The minimum Gasteiger partial charge on any atom is -0.493 e. The third kappa shape index (κ3) is 3.26. The molecule has 1 aromatic heterocycles. The zero-order chi connectivity index (χ0) is 13.8. The third-order valence-corrected chi connectivity index (χ3v) is 3.68. The largest absolute Gasteiger partial charge is 0.493 e. The van der Waals surface area contributed by atoms with Crippen molar-refractivity contribution in [2.75, 3.05) is 7.11 Å². The fraction of sp³-hybridized carbons (Fsp3) is 0.267. The van der Waals surface area contributed by atoms with E-state index >= 15 is 0 Å². The second-order valence-electron chi connectivity index (χ2n) is 4.16. The lowest BCUT2D eigenvalue weighted by Gasteiger charge is -2.11. The molecule has 0 aliphatic carbocycles. The van der Waals surface area contributed by atoms with Crippen LogP contribution >= 0.6 is 15.9 Å². The first kappa shape index (κ1) is 13.9. The molecule has 1 aromatic carbocycles. The predicted octanol–water partition coefficient (Wildman–Crippen LogP) is 4.52. The first-order valence-corrected chi connectivity index (χ1v) is 6.91. The van der Waals surface area contributed by atoms with Gasteiger partial charge in [0.25, 0.3) is 0 Å². The molecule has 0 N–H and O–H groups in total. The molecule has 1 heterocycles. The quantitative estimate of drug-likeness (QED) is 0.829. The van der Waals surface area contributed by atoms with Crippen molar-refractivity contribution in [2.24, 2.45) is 0 Å². The first-order chi connectivity index (χ1) is 9.13. The molecule has 0 unspecified atom stereocenters. The number of aromatic nitrogens is 1. The summed E-state index contributed by atoms with van der Waals surface area (Å²) in [5.74, 6) is 1.96. The van der Waals surface area contributed by atoms with Crippen molar-refractivity contribution >= 4 is 15.9 Å². The van der Waals surface area contributed by atoms with Gasteiger partial charge in [-0.15, -0.1) is 0 Å². The smallest absolute Gasteiger partial charge is 0.219 e. The standard InChI is InChI=1S/C15H16BrNO2/c1-4-11-5-7-13(14(9-11)18-3)19-15-8-6-12(16)10(2)17-15/h5-9H,4H2,1-3H3. The summed E-state index contributed by atoms with van der Waals surface area (Å²) in [4.78, 5) is 4.36. The molecule has 19 heavy (non-hydrogen) atoms. The van der Waals surface area contributed by atoms with E-state index in [0.29, 0.717) is 11.6 Å². The molecule has 0 amide bonds. The van der Waals surface area contributed by atoms with Crippen LogP contribution in [0.3, 0.4) is 0 Å². The van der Waals surface area contributed by atoms with Crippen LogP contribution in [-0.2, 0) is 6.42 Å².